The van der Waals surface area contributed by atoms with Crippen LogP contribution in [-0.4, -0.2) is 25.7 Å². The lowest BCUT2D eigenvalue weighted by Gasteiger charge is -2.40. The van der Waals surface area contributed by atoms with E-state index in [-0.39, 0.29) is 11.9 Å². The molecule has 1 aliphatic carbocycles. The van der Waals surface area contributed by atoms with Gasteiger partial charge in [-0.15, -0.1) is 0 Å². The van der Waals surface area contributed by atoms with Crippen molar-refractivity contribution in [2.45, 2.75) is 38.1 Å². The second-order valence-corrected chi connectivity index (χ2v) is 4.43. The van der Waals surface area contributed by atoms with Crippen LogP contribution in [0.3, 0.4) is 0 Å². The summed E-state index contributed by atoms with van der Waals surface area (Å²) < 4.78 is 4.87. The summed E-state index contributed by atoms with van der Waals surface area (Å²) in [5.74, 6) is 0.694. The monoisotopic (exact) mass is 197 g/mol. The molecule has 1 aliphatic heterocycles. The first-order valence-electron chi connectivity index (χ1n) is 5.64. The molecule has 0 aromatic heterocycles. The van der Waals surface area contributed by atoms with Gasteiger partial charge in [-0.1, -0.05) is 12.8 Å². The summed E-state index contributed by atoms with van der Waals surface area (Å²) in [5.41, 5.74) is 0. The standard InChI is InChI=1S/C11H19NO2/c1-14-11(13)9-6-7-12-10-5-3-2-4-8(9)10/h8-10,12H,2-7H2,1H3/t8-,9+,10+/m0/s1. The van der Waals surface area contributed by atoms with E-state index in [0.29, 0.717) is 12.0 Å². The van der Waals surface area contributed by atoms with Crippen LogP contribution < -0.4 is 5.32 Å². The van der Waals surface area contributed by atoms with Gasteiger partial charge in [0, 0.05) is 6.04 Å². The first-order valence-corrected chi connectivity index (χ1v) is 5.64. The quantitative estimate of drug-likeness (QED) is 0.644. The fourth-order valence-electron chi connectivity index (χ4n) is 2.98. The molecular formula is C11H19NO2. The molecule has 0 aromatic carbocycles. The van der Waals surface area contributed by atoms with Gasteiger partial charge in [0.1, 0.15) is 0 Å². The second-order valence-electron chi connectivity index (χ2n) is 4.43. The lowest BCUT2D eigenvalue weighted by molar-refractivity contribution is -0.149. The van der Waals surface area contributed by atoms with Crippen molar-refractivity contribution in [3.8, 4) is 0 Å². The molecule has 0 amide bonds. The number of hydrogen-bond donors (Lipinski definition) is 1. The van der Waals surface area contributed by atoms with Gasteiger partial charge in [-0.2, -0.15) is 0 Å². The van der Waals surface area contributed by atoms with Gasteiger partial charge < -0.3 is 10.1 Å². The molecule has 2 rings (SSSR count). The minimum atomic E-state index is 0.00315. The SMILES string of the molecule is COC(=O)[C@@H]1CCN[C@@H]2CCCC[C@H]21. The molecule has 2 fully saturated rings. The smallest absolute Gasteiger partial charge is 0.309 e. The fourth-order valence-corrected chi connectivity index (χ4v) is 2.98. The van der Waals surface area contributed by atoms with Crippen molar-refractivity contribution in [3.63, 3.8) is 0 Å². The summed E-state index contributed by atoms with van der Waals surface area (Å²) in [7, 11) is 1.50. The summed E-state index contributed by atoms with van der Waals surface area (Å²) >= 11 is 0. The number of hydrogen-bond acceptors (Lipinski definition) is 3. The molecule has 2 aliphatic rings. The molecule has 14 heavy (non-hydrogen) atoms. The Morgan fingerprint density at radius 2 is 2.07 bits per heavy atom. The van der Waals surface area contributed by atoms with Crippen molar-refractivity contribution in [2.75, 3.05) is 13.7 Å². The van der Waals surface area contributed by atoms with Crippen LogP contribution in [0.25, 0.3) is 0 Å². The maximum absolute atomic E-state index is 11.6. The van der Waals surface area contributed by atoms with Crippen LogP contribution in [0.1, 0.15) is 32.1 Å². The van der Waals surface area contributed by atoms with Gasteiger partial charge in [0.2, 0.25) is 0 Å². The van der Waals surface area contributed by atoms with Gasteiger partial charge in [-0.25, -0.2) is 0 Å². The number of nitrogens with one attached hydrogen (secondary N) is 1. The Balaban J connectivity index is 2.04. The Morgan fingerprint density at radius 1 is 1.29 bits per heavy atom. The van der Waals surface area contributed by atoms with E-state index in [2.05, 4.69) is 5.32 Å². The number of carbonyl (C=O) groups excluding carboxylic acids is 1. The second kappa shape index (κ2) is 4.30. The highest BCUT2D eigenvalue weighted by Gasteiger charge is 2.38. The van der Waals surface area contributed by atoms with Gasteiger partial charge in [0.15, 0.2) is 0 Å². The zero-order valence-electron chi connectivity index (χ0n) is 8.79. The van der Waals surface area contributed by atoms with Gasteiger partial charge in [0.05, 0.1) is 13.0 Å². The number of rotatable bonds is 1. The Morgan fingerprint density at radius 3 is 2.86 bits per heavy atom. The minimum absolute atomic E-state index is 0.00315. The fraction of sp³-hybridized carbons (Fsp3) is 0.909. The van der Waals surface area contributed by atoms with Crippen molar-refractivity contribution < 1.29 is 9.53 Å². The van der Waals surface area contributed by atoms with E-state index in [1.165, 1.54) is 32.8 Å². The van der Waals surface area contributed by atoms with Crippen molar-refractivity contribution in [1.29, 1.82) is 0 Å². The maximum Gasteiger partial charge on any atom is 0.309 e. The topological polar surface area (TPSA) is 38.3 Å². The number of ether oxygens (including phenoxy) is 1. The molecule has 1 N–H and O–H groups in total. The Labute approximate surface area is 85.2 Å². The molecule has 0 radical (unpaired) electrons. The van der Waals surface area contributed by atoms with E-state index in [4.69, 9.17) is 4.74 Å². The zero-order chi connectivity index (χ0) is 9.97. The van der Waals surface area contributed by atoms with Gasteiger partial charge in [-0.3, -0.25) is 4.79 Å². The predicted molar refractivity (Wildman–Crippen MR) is 53.9 cm³/mol. The predicted octanol–water partition coefficient (Wildman–Crippen LogP) is 1.33. The molecule has 1 saturated carbocycles. The summed E-state index contributed by atoms with van der Waals surface area (Å²) in [6, 6.07) is 0.571. The van der Waals surface area contributed by atoms with E-state index in [9.17, 15) is 4.79 Å². The highest BCUT2D eigenvalue weighted by atomic mass is 16.5. The van der Waals surface area contributed by atoms with Gasteiger partial charge in [0.25, 0.3) is 0 Å². The third-order valence-electron chi connectivity index (χ3n) is 3.70. The third-order valence-corrected chi connectivity index (χ3v) is 3.70. The highest BCUT2D eigenvalue weighted by Crippen LogP contribution is 2.35. The zero-order valence-corrected chi connectivity index (χ0v) is 8.79. The molecule has 0 bridgehead atoms. The van der Waals surface area contributed by atoms with Crippen LogP contribution in [0.4, 0.5) is 0 Å². The van der Waals surface area contributed by atoms with E-state index >= 15 is 0 Å². The Bertz CT molecular complexity index is 215. The van der Waals surface area contributed by atoms with Crippen LogP contribution in [-0.2, 0) is 9.53 Å². The molecule has 3 atom stereocenters. The number of methoxy groups -OCH3 is 1. The summed E-state index contributed by atoms with van der Waals surface area (Å²) in [6.07, 6.45) is 5.96. The number of piperidine rings is 1. The van der Waals surface area contributed by atoms with E-state index in [1.54, 1.807) is 0 Å². The van der Waals surface area contributed by atoms with Crippen molar-refractivity contribution in [1.82, 2.24) is 5.32 Å². The Hall–Kier alpha value is -0.570. The number of fused-ring (bicyclic) bond motifs is 1. The third kappa shape index (κ3) is 1.78. The summed E-state index contributed by atoms with van der Waals surface area (Å²) in [4.78, 5) is 11.6. The van der Waals surface area contributed by atoms with E-state index in [1.807, 2.05) is 0 Å². The van der Waals surface area contributed by atoms with Gasteiger partial charge >= 0.3 is 5.97 Å². The summed E-state index contributed by atoms with van der Waals surface area (Å²) in [6.45, 7) is 0.973. The van der Waals surface area contributed by atoms with Crippen LogP contribution in [0, 0.1) is 11.8 Å². The van der Waals surface area contributed by atoms with Crippen molar-refractivity contribution in [3.05, 3.63) is 0 Å². The molecule has 1 saturated heterocycles. The van der Waals surface area contributed by atoms with Crippen molar-refractivity contribution >= 4 is 5.97 Å². The first kappa shape index (κ1) is 9.97. The molecule has 3 heteroatoms. The minimum Gasteiger partial charge on any atom is -0.469 e. The summed E-state index contributed by atoms with van der Waals surface area (Å²) in [5, 5.41) is 3.52. The van der Waals surface area contributed by atoms with E-state index < -0.39 is 0 Å². The lowest BCUT2D eigenvalue weighted by atomic mass is 9.73. The largest absolute Gasteiger partial charge is 0.469 e. The van der Waals surface area contributed by atoms with Crippen LogP contribution in [0.5, 0.6) is 0 Å². The average molecular weight is 197 g/mol. The molecule has 80 valence electrons. The van der Waals surface area contributed by atoms with Crippen LogP contribution >= 0.6 is 0 Å². The van der Waals surface area contributed by atoms with Crippen LogP contribution in [0.2, 0.25) is 0 Å². The normalized spacial score (nSPS) is 37.4. The lowest BCUT2D eigenvalue weighted by Crippen LogP contribution is -2.49. The Kier molecular flexibility index (Phi) is 3.06. The average Bonchev–Trinajstić information content (AvgIpc) is 2.27. The number of carbonyl (C=O) groups is 1. The highest BCUT2D eigenvalue weighted by molar-refractivity contribution is 5.73. The molecule has 0 spiro atoms. The van der Waals surface area contributed by atoms with Crippen LogP contribution in [0.15, 0.2) is 0 Å². The molecular weight excluding hydrogens is 178 g/mol. The number of esters is 1. The molecule has 0 unspecified atom stereocenters. The maximum atomic E-state index is 11.6. The first-order chi connectivity index (χ1) is 6.83. The van der Waals surface area contributed by atoms with E-state index in [0.717, 1.165) is 13.0 Å². The molecule has 0 aromatic rings. The molecule has 3 nitrogen and oxygen atoms in total. The molecule has 1 heterocycles. The van der Waals surface area contributed by atoms with Gasteiger partial charge in [-0.05, 0) is 31.7 Å². The van der Waals surface area contributed by atoms with Crippen molar-refractivity contribution in [2.24, 2.45) is 11.8 Å².